The first-order valence-corrected chi connectivity index (χ1v) is 8.78. The zero-order valence-corrected chi connectivity index (χ0v) is 14.4. The lowest BCUT2D eigenvalue weighted by molar-refractivity contribution is 0.600. The number of hydrogen-bond acceptors (Lipinski definition) is 3. The standard InChI is InChI=1S/C16H18BrN3S/c1-2-9-20-14-6-4-3-5-13(14)19-16(20)11-18-10-12-7-8-15(17)21-12/h3-8,18H,2,9-11H2,1H3. The van der Waals surface area contributed by atoms with Crippen molar-refractivity contribution in [2.45, 2.75) is 33.0 Å². The highest BCUT2D eigenvalue weighted by atomic mass is 79.9. The van der Waals surface area contributed by atoms with Gasteiger partial charge in [-0.3, -0.25) is 0 Å². The highest BCUT2D eigenvalue weighted by molar-refractivity contribution is 9.11. The van der Waals surface area contributed by atoms with E-state index in [0.717, 1.165) is 37.4 Å². The van der Waals surface area contributed by atoms with Gasteiger partial charge in [0, 0.05) is 18.0 Å². The van der Waals surface area contributed by atoms with Crippen molar-refractivity contribution < 1.29 is 0 Å². The maximum absolute atomic E-state index is 4.76. The summed E-state index contributed by atoms with van der Waals surface area (Å²) in [7, 11) is 0. The minimum absolute atomic E-state index is 0.796. The number of rotatable bonds is 6. The summed E-state index contributed by atoms with van der Waals surface area (Å²) in [5.41, 5.74) is 2.32. The first-order chi connectivity index (χ1) is 10.3. The molecule has 0 amide bonds. The lowest BCUT2D eigenvalue weighted by atomic mass is 10.3. The van der Waals surface area contributed by atoms with Crippen molar-refractivity contribution in [1.29, 1.82) is 0 Å². The molecule has 3 rings (SSSR count). The van der Waals surface area contributed by atoms with Crippen LogP contribution in [-0.4, -0.2) is 9.55 Å². The van der Waals surface area contributed by atoms with Crippen molar-refractivity contribution in [3.05, 3.63) is 50.9 Å². The molecule has 1 N–H and O–H groups in total. The SMILES string of the molecule is CCCn1c(CNCc2ccc(Br)s2)nc2ccccc21. The summed E-state index contributed by atoms with van der Waals surface area (Å²) < 4.78 is 3.50. The molecule has 2 aromatic heterocycles. The predicted molar refractivity (Wildman–Crippen MR) is 92.6 cm³/mol. The van der Waals surface area contributed by atoms with Gasteiger partial charge >= 0.3 is 0 Å². The molecule has 110 valence electrons. The third kappa shape index (κ3) is 3.36. The molecule has 0 radical (unpaired) electrons. The average Bonchev–Trinajstić information content (AvgIpc) is 3.04. The first-order valence-electron chi connectivity index (χ1n) is 7.17. The van der Waals surface area contributed by atoms with Crippen LogP contribution in [0.4, 0.5) is 0 Å². The van der Waals surface area contributed by atoms with Gasteiger partial charge in [-0.2, -0.15) is 0 Å². The van der Waals surface area contributed by atoms with Crippen LogP contribution in [-0.2, 0) is 19.6 Å². The first kappa shape index (κ1) is 14.8. The fourth-order valence-corrected chi connectivity index (χ4v) is 3.93. The average molecular weight is 364 g/mol. The van der Waals surface area contributed by atoms with Crippen molar-refractivity contribution in [2.24, 2.45) is 0 Å². The largest absolute Gasteiger partial charge is 0.327 e. The molecule has 0 bridgehead atoms. The molecule has 3 nitrogen and oxygen atoms in total. The monoisotopic (exact) mass is 363 g/mol. The minimum atomic E-state index is 0.796. The van der Waals surface area contributed by atoms with Gasteiger partial charge in [-0.05, 0) is 46.6 Å². The normalized spacial score (nSPS) is 11.3. The van der Waals surface area contributed by atoms with Crippen molar-refractivity contribution in [2.75, 3.05) is 0 Å². The molecule has 0 unspecified atom stereocenters. The van der Waals surface area contributed by atoms with Crippen molar-refractivity contribution >= 4 is 38.3 Å². The zero-order chi connectivity index (χ0) is 14.7. The van der Waals surface area contributed by atoms with E-state index in [1.807, 2.05) is 6.07 Å². The number of imidazole rings is 1. The van der Waals surface area contributed by atoms with Gasteiger partial charge in [0.15, 0.2) is 0 Å². The van der Waals surface area contributed by atoms with Crippen LogP contribution in [0, 0.1) is 0 Å². The van der Waals surface area contributed by atoms with Crippen LogP contribution in [0.5, 0.6) is 0 Å². The van der Waals surface area contributed by atoms with Gasteiger partial charge in [0.05, 0.1) is 21.4 Å². The van der Waals surface area contributed by atoms with E-state index < -0.39 is 0 Å². The van der Waals surface area contributed by atoms with Crippen LogP contribution >= 0.6 is 27.3 Å². The molecule has 3 aromatic rings. The maximum Gasteiger partial charge on any atom is 0.123 e. The smallest absolute Gasteiger partial charge is 0.123 e. The number of fused-ring (bicyclic) bond motifs is 1. The Morgan fingerprint density at radius 2 is 2.05 bits per heavy atom. The Balaban J connectivity index is 1.74. The van der Waals surface area contributed by atoms with Crippen molar-refractivity contribution in [3.63, 3.8) is 0 Å². The molecule has 21 heavy (non-hydrogen) atoms. The molecule has 2 heterocycles. The molecule has 0 saturated heterocycles. The summed E-state index contributed by atoms with van der Waals surface area (Å²) in [6, 6.07) is 12.6. The van der Waals surface area contributed by atoms with E-state index in [1.165, 1.54) is 14.2 Å². The van der Waals surface area contributed by atoms with Crippen LogP contribution < -0.4 is 5.32 Å². The predicted octanol–water partition coefficient (Wildman–Crippen LogP) is 4.56. The fourth-order valence-electron chi connectivity index (χ4n) is 2.48. The van der Waals surface area contributed by atoms with Gasteiger partial charge in [0.1, 0.15) is 5.82 Å². The topological polar surface area (TPSA) is 29.9 Å². The molecular weight excluding hydrogens is 346 g/mol. The van der Waals surface area contributed by atoms with E-state index in [-0.39, 0.29) is 0 Å². The quantitative estimate of drug-likeness (QED) is 0.695. The molecule has 5 heteroatoms. The summed E-state index contributed by atoms with van der Waals surface area (Å²) in [6.45, 7) is 4.90. The van der Waals surface area contributed by atoms with Crippen LogP contribution in [0.1, 0.15) is 24.0 Å². The summed E-state index contributed by atoms with van der Waals surface area (Å²) in [5.74, 6) is 1.12. The van der Waals surface area contributed by atoms with E-state index in [0.29, 0.717) is 0 Å². The molecule has 0 atom stereocenters. The third-order valence-corrected chi connectivity index (χ3v) is 5.02. The van der Waals surface area contributed by atoms with E-state index in [9.17, 15) is 0 Å². The van der Waals surface area contributed by atoms with Crippen molar-refractivity contribution in [1.82, 2.24) is 14.9 Å². The maximum atomic E-state index is 4.76. The van der Waals surface area contributed by atoms with Gasteiger partial charge in [-0.15, -0.1) is 11.3 Å². The number of benzene rings is 1. The highest BCUT2D eigenvalue weighted by Gasteiger charge is 2.09. The number of halogens is 1. The van der Waals surface area contributed by atoms with Crippen LogP contribution in [0.3, 0.4) is 0 Å². The van der Waals surface area contributed by atoms with E-state index in [4.69, 9.17) is 4.98 Å². The Morgan fingerprint density at radius 3 is 2.81 bits per heavy atom. The lowest BCUT2D eigenvalue weighted by Gasteiger charge is -2.08. The third-order valence-electron chi connectivity index (χ3n) is 3.39. The summed E-state index contributed by atoms with van der Waals surface area (Å²) in [4.78, 5) is 6.10. The van der Waals surface area contributed by atoms with Crippen LogP contribution in [0.15, 0.2) is 40.2 Å². The molecule has 0 saturated carbocycles. The second kappa shape index (κ2) is 6.73. The highest BCUT2D eigenvalue weighted by Crippen LogP contribution is 2.22. The van der Waals surface area contributed by atoms with Gasteiger partial charge in [-0.1, -0.05) is 19.1 Å². The number of aryl methyl sites for hydroxylation is 1. The second-order valence-electron chi connectivity index (χ2n) is 4.98. The lowest BCUT2D eigenvalue weighted by Crippen LogP contribution is -2.16. The Labute approximate surface area is 137 Å². The van der Waals surface area contributed by atoms with Crippen LogP contribution in [0.25, 0.3) is 11.0 Å². The number of hydrogen-bond donors (Lipinski definition) is 1. The number of nitrogens with one attached hydrogen (secondary N) is 1. The van der Waals surface area contributed by atoms with Crippen molar-refractivity contribution in [3.8, 4) is 0 Å². The number of nitrogens with zero attached hydrogens (tertiary/aromatic N) is 2. The Morgan fingerprint density at radius 1 is 1.19 bits per heavy atom. The van der Waals surface area contributed by atoms with Gasteiger partial charge in [0.2, 0.25) is 0 Å². The fraction of sp³-hybridized carbons (Fsp3) is 0.312. The molecule has 0 aliphatic heterocycles. The van der Waals surface area contributed by atoms with E-state index >= 15 is 0 Å². The van der Waals surface area contributed by atoms with Gasteiger partial charge < -0.3 is 9.88 Å². The summed E-state index contributed by atoms with van der Waals surface area (Å²) in [5, 5.41) is 3.50. The summed E-state index contributed by atoms with van der Waals surface area (Å²) in [6.07, 6.45) is 1.12. The molecule has 1 aromatic carbocycles. The molecule has 0 aliphatic rings. The number of para-hydroxylation sites is 2. The molecular formula is C16H18BrN3S. The van der Waals surface area contributed by atoms with Gasteiger partial charge in [-0.25, -0.2) is 4.98 Å². The number of aromatic nitrogens is 2. The minimum Gasteiger partial charge on any atom is -0.327 e. The molecule has 0 fully saturated rings. The van der Waals surface area contributed by atoms with Gasteiger partial charge in [0.25, 0.3) is 0 Å². The summed E-state index contributed by atoms with van der Waals surface area (Å²) >= 11 is 5.27. The second-order valence-corrected chi connectivity index (χ2v) is 7.53. The van der Waals surface area contributed by atoms with E-state index in [1.54, 1.807) is 11.3 Å². The van der Waals surface area contributed by atoms with Crippen LogP contribution in [0.2, 0.25) is 0 Å². The molecule has 0 spiro atoms. The molecule has 0 aliphatic carbocycles. The Bertz CT molecular complexity index is 732. The Kier molecular flexibility index (Phi) is 4.73. The number of thiophene rings is 1. The zero-order valence-electron chi connectivity index (χ0n) is 12.0. The Hall–Kier alpha value is -1.17. The van der Waals surface area contributed by atoms with E-state index in [2.05, 4.69) is 63.1 Å².